The van der Waals surface area contributed by atoms with Crippen LogP contribution in [0.15, 0.2) is 18.2 Å². The Labute approximate surface area is 114 Å². The van der Waals surface area contributed by atoms with E-state index in [0.29, 0.717) is 11.7 Å². The van der Waals surface area contributed by atoms with Crippen molar-refractivity contribution in [2.75, 3.05) is 7.11 Å². The second-order valence-electron chi connectivity index (χ2n) is 6.18. The number of fused-ring (bicyclic) bond motifs is 2. The third-order valence-corrected chi connectivity index (χ3v) is 5.03. The first-order valence-electron chi connectivity index (χ1n) is 7.25. The van der Waals surface area contributed by atoms with Gasteiger partial charge in [-0.15, -0.1) is 0 Å². The number of methoxy groups -OCH3 is 1. The third kappa shape index (κ3) is 2.48. The zero-order valence-corrected chi connectivity index (χ0v) is 11.4. The second kappa shape index (κ2) is 5.12. The van der Waals surface area contributed by atoms with Crippen LogP contribution in [0.25, 0.3) is 0 Å². The summed E-state index contributed by atoms with van der Waals surface area (Å²) in [5.74, 6) is 2.39. The van der Waals surface area contributed by atoms with E-state index < -0.39 is 0 Å². The van der Waals surface area contributed by atoms with Gasteiger partial charge in [-0.05, 0) is 61.1 Å². The molecule has 3 heteroatoms. The van der Waals surface area contributed by atoms with Crippen LogP contribution in [0.1, 0.15) is 31.2 Å². The van der Waals surface area contributed by atoms with Crippen molar-refractivity contribution in [2.24, 2.45) is 23.5 Å². The van der Waals surface area contributed by atoms with Crippen molar-refractivity contribution in [1.82, 2.24) is 0 Å². The predicted octanol–water partition coefficient (Wildman–Crippen LogP) is 3.14. The highest BCUT2D eigenvalue weighted by Crippen LogP contribution is 2.49. The average Bonchev–Trinajstić information content (AvgIpc) is 3.01. The molecular weight excluding hydrogens is 241 g/mol. The zero-order valence-electron chi connectivity index (χ0n) is 11.4. The SMILES string of the molecule is COc1ccc(CC(N)C2CC3CCC2C3)cc1F. The first-order valence-corrected chi connectivity index (χ1v) is 7.25. The van der Waals surface area contributed by atoms with E-state index in [0.717, 1.165) is 23.8 Å². The minimum absolute atomic E-state index is 0.170. The summed E-state index contributed by atoms with van der Waals surface area (Å²) in [4.78, 5) is 0. The second-order valence-corrected chi connectivity index (χ2v) is 6.18. The molecule has 2 saturated carbocycles. The molecule has 0 aromatic heterocycles. The van der Waals surface area contributed by atoms with Gasteiger partial charge in [-0.25, -0.2) is 4.39 Å². The Morgan fingerprint density at radius 2 is 2.21 bits per heavy atom. The Hall–Kier alpha value is -1.09. The first-order chi connectivity index (χ1) is 9.17. The van der Waals surface area contributed by atoms with Crippen LogP contribution in [0.3, 0.4) is 0 Å². The van der Waals surface area contributed by atoms with Crippen molar-refractivity contribution in [3.05, 3.63) is 29.6 Å². The summed E-state index contributed by atoms with van der Waals surface area (Å²) >= 11 is 0. The monoisotopic (exact) mass is 263 g/mol. The molecule has 0 heterocycles. The number of hydrogen-bond acceptors (Lipinski definition) is 2. The highest BCUT2D eigenvalue weighted by atomic mass is 19.1. The van der Waals surface area contributed by atoms with Crippen molar-refractivity contribution in [3.63, 3.8) is 0 Å². The summed E-state index contributed by atoms with van der Waals surface area (Å²) in [6.07, 6.45) is 6.17. The molecule has 0 aliphatic heterocycles. The molecule has 4 unspecified atom stereocenters. The lowest BCUT2D eigenvalue weighted by atomic mass is 9.81. The van der Waals surface area contributed by atoms with Gasteiger partial charge in [0, 0.05) is 6.04 Å². The maximum absolute atomic E-state index is 13.7. The Kier molecular flexibility index (Phi) is 3.48. The van der Waals surface area contributed by atoms with Gasteiger partial charge in [-0.1, -0.05) is 12.5 Å². The van der Waals surface area contributed by atoms with Crippen molar-refractivity contribution in [1.29, 1.82) is 0 Å². The highest BCUT2D eigenvalue weighted by molar-refractivity contribution is 5.29. The van der Waals surface area contributed by atoms with Crippen molar-refractivity contribution in [3.8, 4) is 5.75 Å². The van der Waals surface area contributed by atoms with Gasteiger partial charge < -0.3 is 10.5 Å². The van der Waals surface area contributed by atoms with Crippen LogP contribution < -0.4 is 10.5 Å². The quantitative estimate of drug-likeness (QED) is 0.905. The fraction of sp³-hybridized carbons (Fsp3) is 0.625. The molecule has 1 aromatic rings. The molecule has 0 radical (unpaired) electrons. The summed E-state index contributed by atoms with van der Waals surface area (Å²) in [5.41, 5.74) is 7.34. The lowest BCUT2D eigenvalue weighted by Gasteiger charge is -2.27. The van der Waals surface area contributed by atoms with Gasteiger partial charge in [-0.3, -0.25) is 0 Å². The van der Waals surface area contributed by atoms with E-state index in [2.05, 4.69) is 0 Å². The molecule has 104 valence electrons. The number of halogens is 1. The molecule has 1 aromatic carbocycles. The number of benzene rings is 1. The van der Waals surface area contributed by atoms with E-state index in [9.17, 15) is 4.39 Å². The topological polar surface area (TPSA) is 35.2 Å². The molecule has 0 saturated heterocycles. The van der Waals surface area contributed by atoms with E-state index >= 15 is 0 Å². The number of hydrogen-bond donors (Lipinski definition) is 1. The fourth-order valence-electron chi connectivity index (χ4n) is 4.08. The molecule has 2 bridgehead atoms. The van der Waals surface area contributed by atoms with E-state index in [1.807, 2.05) is 6.07 Å². The predicted molar refractivity (Wildman–Crippen MR) is 73.6 cm³/mol. The van der Waals surface area contributed by atoms with E-state index in [4.69, 9.17) is 10.5 Å². The molecule has 4 atom stereocenters. The Bertz CT molecular complexity index is 462. The minimum Gasteiger partial charge on any atom is -0.494 e. The van der Waals surface area contributed by atoms with Gasteiger partial charge >= 0.3 is 0 Å². The maximum atomic E-state index is 13.7. The van der Waals surface area contributed by atoms with E-state index in [1.165, 1.54) is 32.8 Å². The van der Waals surface area contributed by atoms with Crippen LogP contribution >= 0.6 is 0 Å². The Morgan fingerprint density at radius 1 is 1.37 bits per heavy atom. The number of nitrogens with two attached hydrogens (primary N) is 1. The van der Waals surface area contributed by atoms with Crippen LogP contribution in [0.5, 0.6) is 5.75 Å². The van der Waals surface area contributed by atoms with Crippen LogP contribution in [-0.4, -0.2) is 13.2 Å². The Balaban J connectivity index is 1.66. The van der Waals surface area contributed by atoms with Crippen molar-refractivity contribution >= 4 is 0 Å². The summed E-state index contributed by atoms with van der Waals surface area (Å²) < 4.78 is 18.6. The normalized spacial score (nSPS) is 30.6. The minimum atomic E-state index is -0.292. The highest BCUT2D eigenvalue weighted by Gasteiger charge is 2.41. The van der Waals surface area contributed by atoms with Gasteiger partial charge in [0.05, 0.1) is 7.11 Å². The fourth-order valence-corrected chi connectivity index (χ4v) is 4.08. The summed E-state index contributed by atoms with van der Waals surface area (Å²) in [6.45, 7) is 0. The molecule has 2 N–H and O–H groups in total. The zero-order chi connectivity index (χ0) is 13.4. The summed E-state index contributed by atoms with van der Waals surface area (Å²) in [5, 5.41) is 0. The molecule has 2 aliphatic rings. The smallest absolute Gasteiger partial charge is 0.165 e. The first kappa shape index (κ1) is 12.9. The van der Waals surface area contributed by atoms with E-state index in [-0.39, 0.29) is 11.9 Å². The molecule has 3 rings (SSSR count). The van der Waals surface area contributed by atoms with Crippen LogP contribution in [0.2, 0.25) is 0 Å². The average molecular weight is 263 g/mol. The lowest BCUT2D eigenvalue weighted by molar-refractivity contribution is 0.280. The lowest BCUT2D eigenvalue weighted by Crippen LogP contribution is -2.35. The summed E-state index contributed by atoms with van der Waals surface area (Å²) in [7, 11) is 1.49. The molecule has 2 nitrogen and oxygen atoms in total. The molecule has 2 fully saturated rings. The summed E-state index contributed by atoms with van der Waals surface area (Å²) in [6, 6.07) is 5.35. The van der Waals surface area contributed by atoms with Gasteiger partial charge in [0.2, 0.25) is 0 Å². The van der Waals surface area contributed by atoms with Crippen LogP contribution in [0.4, 0.5) is 4.39 Å². The number of ether oxygens (including phenoxy) is 1. The van der Waals surface area contributed by atoms with Gasteiger partial charge in [0.1, 0.15) is 0 Å². The molecule has 0 spiro atoms. The van der Waals surface area contributed by atoms with Gasteiger partial charge in [0.25, 0.3) is 0 Å². The van der Waals surface area contributed by atoms with Crippen LogP contribution in [-0.2, 0) is 6.42 Å². The number of rotatable bonds is 4. The molecule has 2 aliphatic carbocycles. The molecular formula is C16H22FNO. The van der Waals surface area contributed by atoms with E-state index in [1.54, 1.807) is 12.1 Å². The van der Waals surface area contributed by atoms with Crippen LogP contribution in [0, 0.1) is 23.6 Å². The van der Waals surface area contributed by atoms with Crippen molar-refractivity contribution < 1.29 is 9.13 Å². The molecule has 19 heavy (non-hydrogen) atoms. The standard InChI is InChI=1S/C16H22FNO/c1-19-16-5-3-11(8-14(16)17)9-15(18)13-7-10-2-4-12(13)6-10/h3,5,8,10,12-13,15H,2,4,6-7,9,18H2,1H3. The van der Waals surface area contributed by atoms with Gasteiger partial charge in [0.15, 0.2) is 11.6 Å². The molecule has 0 amide bonds. The third-order valence-electron chi connectivity index (χ3n) is 5.03. The maximum Gasteiger partial charge on any atom is 0.165 e. The van der Waals surface area contributed by atoms with Crippen molar-refractivity contribution in [2.45, 2.75) is 38.1 Å². The van der Waals surface area contributed by atoms with Gasteiger partial charge in [-0.2, -0.15) is 0 Å². The largest absolute Gasteiger partial charge is 0.494 e. The Morgan fingerprint density at radius 3 is 2.79 bits per heavy atom.